The fourth-order valence-corrected chi connectivity index (χ4v) is 2.79. The second-order valence-corrected chi connectivity index (χ2v) is 5.66. The van der Waals surface area contributed by atoms with Gasteiger partial charge in [0.25, 0.3) is 0 Å². The number of hydrogen-bond acceptors (Lipinski definition) is 4. The van der Waals surface area contributed by atoms with Crippen LogP contribution in [0.2, 0.25) is 0 Å². The highest BCUT2D eigenvalue weighted by molar-refractivity contribution is 5.73. The Labute approximate surface area is 119 Å². The Morgan fingerprint density at radius 2 is 2.15 bits per heavy atom. The fourth-order valence-electron chi connectivity index (χ4n) is 2.79. The van der Waals surface area contributed by atoms with Gasteiger partial charge in [-0.25, -0.2) is 4.98 Å². The molecule has 2 atom stereocenters. The predicted octanol–water partition coefficient (Wildman–Crippen LogP) is 2.28. The smallest absolute Gasteiger partial charge is 0.183 e. The highest BCUT2D eigenvalue weighted by atomic mass is 15.2. The standard InChI is InChI=1S/C15H21N5/c1-10-8-12(9-20(10)3)17-14-7-5-4-6-13(14)15-16-11(2)18-19-15/h4-7,10,12,17H,8-9H2,1-3H3,(H,16,18,19). The molecule has 0 saturated carbocycles. The zero-order chi connectivity index (χ0) is 14.1. The van der Waals surface area contributed by atoms with E-state index in [1.807, 2.05) is 19.1 Å². The average molecular weight is 271 g/mol. The Bertz CT molecular complexity index is 581. The lowest BCUT2D eigenvalue weighted by Gasteiger charge is -2.16. The van der Waals surface area contributed by atoms with Crippen LogP contribution in [-0.4, -0.2) is 45.8 Å². The number of rotatable bonds is 3. The molecule has 1 aliphatic heterocycles. The van der Waals surface area contributed by atoms with E-state index in [1.54, 1.807) is 0 Å². The maximum absolute atomic E-state index is 4.43. The van der Waals surface area contributed by atoms with Gasteiger partial charge in [-0.15, -0.1) is 0 Å². The molecule has 5 heteroatoms. The maximum atomic E-state index is 4.43. The van der Waals surface area contributed by atoms with Crippen LogP contribution < -0.4 is 5.32 Å². The van der Waals surface area contributed by atoms with Crippen LogP contribution in [0.4, 0.5) is 5.69 Å². The minimum absolute atomic E-state index is 0.483. The third-order valence-corrected chi connectivity index (χ3v) is 4.01. The molecular weight excluding hydrogens is 250 g/mol. The number of aryl methyl sites for hydroxylation is 1. The number of anilines is 1. The molecule has 1 aromatic carbocycles. The van der Waals surface area contributed by atoms with Crippen molar-refractivity contribution in [3.8, 4) is 11.4 Å². The number of aromatic amines is 1. The first kappa shape index (κ1) is 13.1. The van der Waals surface area contributed by atoms with Crippen molar-refractivity contribution in [3.05, 3.63) is 30.1 Å². The molecule has 1 aliphatic rings. The normalized spacial score (nSPS) is 23.1. The average Bonchev–Trinajstić information content (AvgIpc) is 2.97. The van der Waals surface area contributed by atoms with Crippen molar-refractivity contribution in [2.45, 2.75) is 32.4 Å². The van der Waals surface area contributed by atoms with Gasteiger partial charge in [-0.05, 0) is 39.4 Å². The van der Waals surface area contributed by atoms with Crippen molar-refractivity contribution in [1.29, 1.82) is 0 Å². The van der Waals surface area contributed by atoms with E-state index in [0.717, 1.165) is 35.9 Å². The Hall–Kier alpha value is -1.88. The minimum Gasteiger partial charge on any atom is -0.380 e. The Kier molecular flexibility index (Phi) is 3.44. The summed E-state index contributed by atoms with van der Waals surface area (Å²) in [5.41, 5.74) is 2.16. The van der Waals surface area contributed by atoms with Gasteiger partial charge in [-0.2, -0.15) is 5.10 Å². The van der Waals surface area contributed by atoms with Crippen LogP contribution in [0.3, 0.4) is 0 Å². The number of aromatic nitrogens is 3. The van der Waals surface area contributed by atoms with Gasteiger partial charge < -0.3 is 10.2 Å². The van der Waals surface area contributed by atoms with Gasteiger partial charge in [0, 0.05) is 29.9 Å². The highest BCUT2D eigenvalue weighted by Crippen LogP contribution is 2.27. The van der Waals surface area contributed by atoms with Crippen molar-refractivity contribution >= 4 is 5.69 Å². The molecule has 106 valence electrons. The van der Waals surface area contributed by atoms with E-state index in [-0.39, 0.29) is 0 Å². The molecule has 20 heavy (non-hydrogen) atoms. The summed E-state index contributed by atoms with van der Waals surface area (Å²) in [5.74, 6) is 1.59. The van der Waals surface area contributed by atoms with Gasteiger partial charge in [0.05, 0.1) is 0 Å². The highest BCUT2D eigenvalue weighted by Gasteiger charge is 2.26. The SMILES string of the molecule is Cc1nc(-c2ccccc2NC2CC(C)N(C)C2)n[nH]1. The molecule has 0 amide bonds. The molecule has 5 nitrogen and oxygen atoms in total. The first-order valence-electron chi connectivity index (χ1n) is 7.08. The summed E-state index contributed by atoms with van der Waals surface area (Å²) in [7, 11) is 2.18. The van der Waals surface area contributed by atoms with Gasteiger partial charge in [-0.3, -0.25) is 5.10 Å². The van der Waals surface area contributed by atoms with Crippen LogP contribution in [0.25, 0.3) is 11.4 Å². The monoisotopic (exact) mass is 271 g/mol. The first-order valence-corrected chi connectivity index (χ1v) is 7.08. The Balaban J connectivity index is 1.84. The first-order chi connectivity index (χ1) is 9.63. The molecular formula is C15H21N5. The molecule has 2 aromatic rings. The number of hydrogen-bond donors (Lipinski definition) is 2. The lowest BCUT2D eigenvalue weighted by atomic mass is 10.1. The van der Waals surface area contributed by atoms with Crippen LogP contribution in [0.1, 0.15) is 19.2 Å². The molecule has 3 rings (SSSR count). The minimum atomic E-state index is 0.483. The summed E-state index contributed by atoms with van der Waals surface area (Å²) in [5, 5.41) is 10.8. The molecule has 2 N–H and O–H groups in total. The molecule has 2 heterocycles. The van der Waals surface area contributed by atoms with E-state index >= 15 is 0 Å². The number of likely N-dealkylation sites (tertiary alicyclic amines) is 1. The van der Waals surface area contributed by atoms with E-state index in [4.69, 9.17) is 0 Å². The summed E-state index contributed by atoms with van der Waals surface area (Å²) in [6.45, 7) is 5.26. The van der Waals surface area contributed by atoms with Crippen LogP contribution in [0, 0.1) is 6.92 Å². The summed E-state index contributed by atoms with van der Waals surface area (Å²) in [6.07, 6.45) is 1.16. The lowest BCUT2D eigenvalue weighted by molar-refractivity contribution is 0.330. The van der Waals surface area contributed by atoms with Crippen molar-refractivity contribution in [3.63, 3.8) is 0 Å². The van der Waals surface area contributed by atoms with Crippen LogP contribution in [-0.2, 0) is 0 Å². The third-order valence-electron chi connectivity index (χ3n) is 4.01. The second kappa shape index (κ2) is 5.25. The zero-order valence-electron chi connectivity index (χ0n) is 12.2. The van der Waals surface area contributed by atoms with Crippen molar-refractivity contribution in [2.75, 3.05) is 18.9 Å². The molecule has 1 fully saturated rings. The van der Waals surface area contributed by atoms with Crippen molar-refractivity contribution in [2.24, 2.45) is 0 Å². The van der Waals surface area contributed by atoms with Gasteiger partial charge >= 0.3 is 0 Å². The van der Waals surface area contributed by atoms with Crippen molar-refractivity contribution < 1.29 is 0 Å². The predicted molar refractivity (Wildman–Crippen MR) is 80.7 cm³/mol. The summed E-state index contributed by atoms with van der Waals surface area (Å²) in [6, 6.07) is 9.35. The molecule has 0 radical (unpaired) electrons. The number of H-pyrrole nitrogens is 1. The van der Waals surface area contributed by atoms with Gasteiger partial charge in [0.2, 0.25) is 0 Å². The van der Waals surface area contributed by atoms with E-state index in [2.05, 4.69) is 51.5 Å². The van der Waals surface area contributed by atoms with E-state index in [9.17, 15) is 0 Å². The second-order valence-electron chi connectivity index (χ2n) is 5.66. The fraction of sp³-hybridized carbons (Fsp3) is 0.467. The summed E-state index contributed by atoms with van der Waals surface area (Å²) in [4.78, 5) is 6.82. The van der Waals surface area contributed by atoms with Crippen LogP contribution in [0.5, 0.6) is 0 Å². The number of para-hydroxylation sites is 1. The topological polar surface area (TPSA) is 56.8 Å². The van der Waals surface area contributed by atoms with E-state index in [0.29, 0.717) is 12.1 Å². The molecule has 0 bridgehead atoms. The Morgan fingerprint density at radius 3 is 2.80 bits per heavy atom. The van der Waals surface area contributed by atoms with Crippen LogP contribution >= 0.6 is 0 Å². The zero-order valence-corrected chi connectivity index (χ0v) is 12.2. The van der Waals surface area contributed by atoms with E-state index < -0.39 is 0 Å². The maximum Gasteiger partial charge on any atom is 0.183 e. The lowest BCUT2D eigenvalue weighted by Crippen LogP contribution is -2.25. The number of nitrogens with zero attached hydrogens (tertiary/aromatic N) is 3. The molecule has 1 aromatic heterocycles. The third kappa shape index (κ3) is 2.54. The van der Waals surface area contributed by atoms with Crippen LogP contribution in [0.15, 0.2) is 24.3 Å². The van der Waals surface area contributed by atoms with Gasteiger partial charge in [-0.1, -0.05) is 12.1 Å². The number of nitrogens with one attached hydrogen (secondary N) is 2. The Morgan fingerprint density at radius 1 is 1.35 bits per heavy atom. The van der Waals surface area contributed by atoms with Gasteiger partial charge in [0.15, 0.2) is 5.82 Å². The molecule has 0 spiro atoms. The quantitative estimate of drug-likeness (QED) is 0.899. The summed E-state index contributed by atoms with van der Waals surface area (Å²) < 4.78 is 0. The van der Waals surface area contributed by atoms with Gasteiger partial charge in [0.1, 0.15) is 5.82 Å². The van der Waals surface area contributed by atoms with E-state index in [1.165, 1.54) is 0 Å². The number of likely N-dealkylation sites (N-methyl/N-ethyl adjacent to an activating group) is 1. The number of benzene rings is 1. The molecule has 0 aliphatic carbocycles. The van der Waals surface area contributed by atoms with Crippen molar-refractivity contribution in [1.82, 2.24) is 20.1 Å². The summed E-state index contributed by atoms with van der Waals surface area (Å²) >= 11 is 0. The molecule has 2 unspecified atom stereocenters. The largest absolute Gasteiger partial charge is 0.380 e. The molecule has 1 saturated heterocycles.